The second-order valence-electron chi connectivity index (χ2n) is 3.95. The van der Waals surface area contributed by atoms with Crippen molar-refractivity contribution in [2.75, 3.05) is 18.9 Å². The lowest BCUT2D eigenvalue weighted by atomic mass is 10.2. The van der Waals surface area contributed by atoms with E-state index < -0.39 is 17.8 Å². The summed E-state index contributed by atoms with van der Waals surface area (Å²) in [4.78, 5) is 23.3. The number of aliphatic carboxylic acids is 1. The van der Waals surface area contributed by atoms with Gasteiger partial charge in [-0.25, -0.2) is 9.18 Å². The summed E-state index contributed by atoms with van der Waals surface area (Å²) in [5, 5.41) is 11.0. The van der Waals surface area contributed by atoms with Gasteiger partial charge >= 0.3 is 12.0 Å². The van der Waals surface area contributed by atoms with Crippen molar-refractivity contribution in [1.82, 2.24) is 4.90 Å². The topological polar surface area (TPSA) is 69.6 Å². The standard InChI is InChI=1S/C12H15FN2O3/c1-8-3-4-9(13)7-10(8)14-12(18)15(2)6-5-11(16)17/h3-4,7H,5-6H2,1-2H3,(H,14,18)(H,16,17). The zero-order valence-electron chi connectivity index (χ0n) is 10.2. The molecule has 0 bridgehead atoms. The molecule has 0 spiro atoms. The highest BCUT2D eigenvalue weighted by Crippen LogP contribution is 2.16. The molecule has 0 radical (unpaired) electrons. The molecule has 18 heavy (non-hydrogen) atoms. The third-order valence-corrected chi connectivity index (χ3v) is 2.45. The fraction of sp³-hybridized carbons (Fsp3) is 0.333. The molecule has 0 saturated carbocycles. The molecule has 2 N–H and O–H groups in total. The lowest BCUT2D eigenvalue weighted by Crippen LogP contribution is -2.33. The molecule has 5 nitrogen and oxygen atoms in total. The summed E-state index contributed by atoms with van der Waals surface area (Å²) in [7, 11) is 1.48. The molecule has 0 aliphatic heterocycles. The SMILES string of the molecule is Cc1ccc(F)cc1NC(=O)N(C)CCC(=O)O. The maximum absolute atomic E-state index is 13.0. The van der Waals surface area contributed by atoms with Crippen LogP contribution in [-0.4, -0.2) is 35.6 Å². The van der Waals surface area contributed by atoms with Gasteiger partial charge in [0, 0.05) is 19.3 Å². The van der Waals surface area contributed by atoms with Crippen LogP contribution in [0.25, 0.3) is 0 Å². The molecule has 0 aromatic heterocycles. The van der Waals surface area contributed by atoms with Gasteiger partial charge in [0.1, 0.15) is 5.82 Å². The van der Waals surface area contributed by atoms with E-state index in [0.717, 1.165) is 5.56 Å². The van der Waals surface area contributed by atoms with Crippen molar-refractivity contribution < 1.29 is 19.1 Å². The van der Waals surface area contributed by atoms with Crippen LogP contribution in [0.1, 0.15) is 12.0 Å². The molecule has 0 saturated heterocycles. The van der Waals surface area contributed by atoms with Gasteiger partial charge < -0.3 is 15.3 Å². The van der Waals surface area contributed by atoms with Crippen molar-refractivity contribution in [3.05, 3.63) is 29.6 Å². The number of carboxylic acid groups (broad SMARTS) is 1. The van der Waals surface area contributed by atoms with Gasteiger partial charge in [-0.15, -0.1) is 0 Å². The number of nitrogens with one attached hydrogen (secondary N) is 1. The molecule has 98 valence electrons. The molecule has 0 heterocycles. The van der Waals surface area contributed by atoms with Crippen molar-refractivity contribution in [3.8, 4) is 0 Å². The van der Waals surface area contributed by atoms with E-state index in [1.807, 2.05) is 0 Å². The fourth-order valence-corrected chi connectivity index (χ4v) is 1.30. The zero-order chi connectivity index (χ0) is 13.7. The predicted molar refractivity (Wildman–Crippen MR) is 65.0 cm³/mol. The van der Waals surface area contributed by atoms with E-state index in [1.165, 1.54) is 24.1 Å². The first kappa shape index (κ1) is 14.0. The number of aryl methyl sites for hydroxylation is 1. The van der Waals surface area contributed by atoms with Crippen LogP contribution in [0.5, 0.6) is 0 Å². The average molecular weight is 254 g/mol. The Hall–Kier alpha value is -2.11. The summed E-state index contributed by atoms with van der Waals surface area (Å²) < 4.78 is 13.0. The van der Waals surface area contributed by atoms with E-state index in [0.29, 0.717) is 5.69 Å². The molecule has 0 unspecified atom stereocenters. The Morgan fingerprint density at radius 2 is 2.11 bits per heavy atom. The first-order chi connectivity index (χ1) is 8.40. The third kappa shape index (κ3) is 4.04. The second-order valence-corrected chi connectivity index (χ2v) is 3.95. The summed E-state index contributed by atoms with van der Waals surface area (Å²) in [5.74, 6) is -1.42. The van der Waals surface area contributed by atoms with Crippen molar-refractivity contribution in [2.45, 2.75) is 13.3 Å². The van der Waals surface area contributed by atoms with Crippen LogP contribution in [-0.2, 0) is 4.79 Å². The Morgan fingerprint density at radius 1 is 1.44 bits per heavy atom. The Kier molecular flexibility index (Phi) is 4.65. The number of hydrogen-bond donors (Lipinski definition) is 2. The van der Waals surface area contributed by atoms with Crippen LogP contribution in [0, 0.1) is 12.7 Å². The molecule has 0 atom stereocenters. The maximum Gasteiger partial charge on any atom is 0.321 e. The van der Waals surface area contributed by atoms with Crippen molar-refractivity contribution in [3.63, 3.8) is 0 Å². The number of rotatable bonds is 4. The Bertz CT molecular complexity index is 463. The Labute approximate surface area is 104 Å². The lowest BCUT2D eigenvalue weighted by molar-refractivity contribution is -0.137. The first-order valence-corrected chi connectivity index (χ1v) is 5.40. The molecule has 2 amide bonds. The molecular formula is C12H15FN2O3. The number of hydrogen-bond acceptors (Lipinski definition) is 2. The minimum absolute atomic E-state index is 0.0928. The van der Waals surface area contributed by atoms with E-state index in [2.05, 4.69) is 5.32 Å². The van der Waals surface area contributed by atoms with Crippen LogP contribution < -0.4 is 5.32 Å². The predicted octanol–water partition coefficient (Wildman–Crippen LogP) is 2.07. The normalized spacial score (nSPS) is 9.94. The molecule has 0 aliphatic rings. The van der Waals surface area contributed by atoms with Crippen LogP contribution in [0.15, 0.2) is 18.2 Å². The van der Waals surface area contributed by atoms with Gasteiger partial charge in [-0.3, -0.25) is 4.79 Å². The molecular weight excluding hydrogens is 239 g/mol. The van der Waals surface area contributed by atoms with Gasteiger partial charge in [0.15, 0.2) is 0 Å². The van der Waals surface area contributed by atoms with Crippen LogP contribution in [0.2, 0.25) is 0 Å². The highest BCUT2D eigenvalue weighted by atomic mass is 19.1. The largest absolute Gasteiger partial charge is 0.481 e. The van der Waals surface area contributed by atoms with E-state index in [9.17, 15) is 14.0 Å². The number of carbonyl (C=O) groups excluding carboxylic acids is 1. The minimum Gasteiger partial charge on any atom is -0.481 e. The van der Waals surface area contributed by atoms with Crippen LogP contribution in [0.3, 0.4) is 0 Å². The summed E-state index contributed by atoms with van der Waals surface area (Å²) >= 11 is 0. The van der Waals surface area contributed by atoms with Crippen LogP contribution >= 0.6 is 0 Å². The van der Waals surface area contributed by atoms with E-state index in [4.69, 9.17) is 5.11 Å². The summed E-state index contributed by atoms with van der Waals surface area (Å²) in [6.45, 7) is 1.84. The highest BCUT2D eigenvalue weighted by molar-refractivity contribution is 5.90. The van der Waals surface area contributed by atoms with Gasteiger partial charge in [0.25, 0.3) is 0 Å². The zero-order valence-corrected chi connectivity index (χ0v) is 10.2. The second kappa shape index (κ2) is 6.00. The molecule has 1 aromatic carbocycles. The molecule has 1 rings (SSSR count). The molecule has 0 aliphatic carbocycles. The summed E-state index contributed by atoms with van der Waals surface area (Å²) in [5.41, 5.74) is 1.11. The average Bonchev–Trinajstić information content (AvgIpc) is 2.30. The van der Waals surface area contributed by atoms with Gasteiger partial charge in [-0.05, 0) is 24.6 Å². The van der Waals surface area contributed by atoms with Gasteiger partial charge in [-0.2, -0.15) is 0 Å². The van der Waals surface area contributed by atoms with Gasteiger partial charge in [0.2, 0.25) is 0 Å². The van der Waals surface area contributed by atoms with E-state index in [-0.39, 0.29) is 13.0 Å². The molecule has 1 aromatic rings. The maximum atomic E-state index is 13.0. The first-order valence-electron chi connectivity index (χ1n) is 5.40. The minimum atomic E-state index is -0.975. The number of carbonyl (C=O) groups is 2. The van der Waals surface area contributed by atoms with Gasteiger partial charge in [-0.1, -0.05) is 6.07 Å². The third-order valence-electron chi connectivity index (χ3n) is 2.45. The fourth-order valence-electron chi connectivity index (χ4n) is 1.30. The summed E-state index contributed by atoms with van der Waals surface area (Å²) in [6.07, 6.45) is -0.133. The summed E-state index contributed by atoms with van der Waals surface area (Å²) in [6, 6.07) is 3.62. The Balaban J connectivity index is 2.63. The number of anilines is 1. The highest BCUT2D eigenvalue weighted by Gasteiger charge is 2.11. The monoisotopic (exact) mass is 254 g/mol. The number of amides is 2. The van der Waals surface area contributed by atoms with Crippen molar-refractivity contribution in [2.24, 2.45) is 0 Å². The number of benzene rings is 1. The van der Waals surface area contributed by atoms with Gasteiger partial charge in [0.05, 0.1) is 6.42 Å². The number of carboxylic acids is 1. The number of halogens is 1. The molecule has 6 heteroatoms. The van der Waals surface area contributed by atoms with Crippen LogP contribution in [0.4, 0.5) is 14.9 Å². The van der Waals surface area contributed by atoms with E-state index >= 15 is 0 Å². The number of urea groups is 1. The molecule has 0 fully saturated rings. The van der Waals surface area contributed by atoms with Crippen molar-refractivity contribution in [1.29, 1.82) is 0 Å². The smallest absolute Gasteiger partial charge is 0.321 e. The Morgan fingerprint density at radius 3 is 2.72 bits per heavy atom. The lowest BCUT2D eigenvalue weighted by Gasteiger charge is -2.17. The van der Waals surface area contributed by atoms with E-state index in [1.54, 1.807) is 13.0 Å². The van der Waals surface area contributed by atoms with Crippen molar-refractivity contribution >= 4 is 17.7 Å². The quantitative estimate of drug-likeness (QED) is 0.864. The number of nitrogens with zero attached hydrogens (tertiary/aromatic N) is 1.